The van der Waals surface area contributed by atoms with Crippen LogP contribution < -0.4 is 16.4 Å². The lowest BCUT2D eigenvalue weighted by molar-refractivity contribution is -0.145. The molecule has 2 heterocycles. The largest absolute Gasteiger partial charge is 0.368 e. The average molecular weight is 702 g/mol. The quantitative estimate of drug-likeness (QED) is 0.133. The Labute approximate surface area is 285 Å². The van der Waals surface area contributed by atoms with Crippen molar-refractivity contribution in [1.29, 1.82) is 0 Å². The van der Waals surface area contributed by atoms with Crippen molar-refractivity contribution >= 4 is 74.9 Å². The molecule has 2 aliphatic rings. The summed E-state index contributed by atoms with van der Waals surface area (Å²) in [7, 11) is 0. The first-order chi connectivity index (χ1) is 22.9. The number of nitrogens with one attached hydrogen (secondary N) is 2. The van der Waals surface area contributed by atoms with Crippen molar-refractivity contribution in [2.24, 2.45) is 5.73 Å². The van der Waals surface area contributed by atoms with E-state index < -0.39 is 71.0 Å². The number of rotatable bonds is 14. The number of carbonyl (C=O) groups excluding carboxylic acids is 7. The number of aliphatic hydroxyl groups excluding tert-OH is 1. The first kappa shape index (κ1) is 36.8. The van der Waals surface area contributed by atoms with E-state index in [0.717, 1.165) is 51.7 Å². The highest BCUT2D eigenvalue weighted by Gasteiger charge is 2.42. The number of likely N-dealkylation sites (tertiary alicyclic amines) is 1. The van der Waals surface area contributed by atoms with Crippen LogP contribution in [0.25, 0.3) is 10.8 Å². The van der Waals surface area contributed by atoms with E-state index in [4.69, 9.17) is 15.9 Å². The molecule has 0 spiro atoms. The van der Waals surface area contributed by atoms with Gasteiger partial charge in [0, 0.05) is 43.6 Å². The van der Waals surface area contributed by atoms with Crippen LogP contribution in [0.2, 0.25) is 0 Å². The number of carbonyl (C=O) groups is 7. The molecule has 16 heteroatoms. The predicted octanol–water partition coefficient (Wildman–Crippen LogP) is 0.305. The fourth-order valence-corrected chi connectivity index (χ4v) is 7.64. The summed E-state index contributed by atoms with van der Waals surface area (Å²) < 4.78 is 0. The zero-order valence-electron chi connectivity index (χ0n) is 26.3. The highest BCUT2D eigenvalue weighted by atomic mass is 32.2. The van der Waals surface area contributed by atoms with Gasteiger partial charge in [-0.15, -0.1) is 0 Å². The van der Waals surface area contributed by atoms with E-state index in [9.17, 15) is 33.6 Å². The fraction of sp³-hybridized carbons (Fsp3) is 0.469. The van der Waals surface area contributed by atoms with Crippen LogP contribution in [0.1, 0.15) is 38.2 Å². The molecule has 2 saturated heterocycles. The normalized spacial score (nSPS) is 19.2. The maximum Gasteiger partial charge on any atom is 0.289 e. The van der Waals surface area contributed by atoms with Gasteiger partial charge in [0.2, 0.25) is 35.8 Å². The van der Waals surface area contributed by atoms with Gasteiger partial charge in [-0.05, 0) is 35.6 Å². The third-order valence-electron chi connectivity index (χ3n) is 8.20. The number of amides is 6. The number of primary amides is 1. The zero-order chi connectivity index (χ0) is 35.0. The molecule has 6 N–H and O–H groups in total. The van der Waals surface area contributed by atoms with E-state index in [2.05, 4.69) is 10.6 Å². The lowest BCUT2D eigenvalue weighted by Gasteiger charge is -2.37. The summed E-state index contributed by atoms with van der Waals surface area (Å²) in [5.74, 6) is -4.02. The maximum atomic E-state index is 14.0. The summed E-state index contributed by atoms with van der Waals surface area (Å²) in [6.45, 7) is 1.35. The summed E-state index contributed by atoms with van der Waals surface area (Å²) in [5.41, 5.74) is 6.47. The number of fused-ring (bicyclic) bond motifs is 1. The van der Waals surface area contributed by atoms with E-state index in [-0.39, 0.29) is 36.6 Å². The standard InChI is InChI=1S/C32H39N5O9S2/c1-18(38)37-25(17-48-32(37)46)29(42)35-23(16-47-13-11-26(39)31(44)45)30(43)36-12-5-4-8-24(36)28(41)34-22(27(33)40)15-19-9-10-20-6-2-3-7-21(20)14-19/h2-3,6-7,9-10,14,22-25,31,44-45H,4-5,8,11-13,15-17H2,1H3,(H2,33,40)(H,34,41)(H,35,42)/t22-,23-,24-,25?/m0/s1. The molecule has 4 atom stereocenters. The van der Waals surface area contributed by atoms with Crippen LogP contribution in [0.5, 0.6) is 0 Å². The molecule has 2 fully saturated rings. The minimum Gasteiger partial charge on any atom is -0.368 e. The number of hydrogen-bond donors (Lipinski definition) is 5. The van der Waals surface area contributed by atoms with Gasteiger partial charge in [-0.2, -0.15) is 11.8 Å². The predicted molar refractivity (Wildman–Crippen MR) is 179 cm³/mol. The Morgan fingerprint density at radius 3 is 2.35 bits per heavy atom. The number of nitrogens with two attached hydrogens (primary N) is 1. The van der Waals surface area contributed by atoms with Gasteiger partial charge in [0.25, 0.3) is 5.24 Å². The highest BCUT2D eigenvalue weighted by Crippen LogP contribution is 2.25. The SMILES string of the molecule is CC(=O)N1C(=O)SCC1C(=O)N[C@@H](CSCCC(=O)C(O)O)C(=O)N1CCCC[C@H]1C(=O)N[C@@H](Cc1ccc2ccccc2c1)C(N)=O. The summed E-state index contributed by atoms with van der Waals surface area (Å²) in [5, 5.41) is 24.9. The number of hydrogen-bond acceptors (Lipinski definition) is 11. The summed E-state index contributed by atoms with van der Waals surface area (Å²) in [6, 6.07) is 8.99. The number of ketones is 1. The van der Waals surface area contributed by atoms with E-state index in [1.165, 1.54) is 4.90 Å². The third-order valence-corrected chi connectivity index (χ3v) is 10.2. The molecule has 0 aromatic heterocycles. The second-order valence-corrected chi connectivity index (χ2v) is 13.7. The smallest absolute Gasteiger partial charge is 0.289 e. The molecule has 6 amide bonds. The zero-order valence-corrected chi connectivity index (χ0v) is 28.0. The van der Waals surface area contributed by atoms with Crippen molar-refractivity contribution in [3.8, 4) is 0 Å². The molecule has 0 aliphatic carbocycles. The van der Waals surface area contributed by atoms with Crippen LogP contribution in [-0.4, -0.2) is 115 Å². The lowest BCUT2D eigenvalue weighted by Crippen LogP contribution is -2.61. The molecule has 258 valence electrons. The molecule has 48 heavy (non-hydrogen) atoms. The Balaban J connectivity index is 1.49. The van der Waals surface area contributed by atoms with Crippen molar-refractivity contribution < 1.29 is 43.8 Å². The molecule has 14 nitrogen and oxygen atoms in total. The minimum absolute atomic E-state index is 0.00164. The van der Waals surface area contributed by atoms with Crippen molar-refractivity contribution in [2.45, 2.75) is 69.5 Å². The molecule has 0 radical (unpaired) electrons. The molecule has 2 aromatic rings. The van der Waals surface area contributed by atoms with Crippen molar-refractivity contribution in [1.82, 2.24) is 20.4 Å². The average Bonchev–Trinajstić information content (AvgIpc) is 3.46. The number of Topliss-reactive ketones (excluding diaryl/α,β-unsaturated/α-hetero) is 1. The summed E-state index contributed by atoms with van der Waals surface area (Å²) in [4.78, 5) is 91.6. The Morgan fingerprint density at radius 2 is 1.67 bits per heavy atom. The summed E-state index contributed by atoms with van der Waals surface area (Å²) in [6.07, 6.45) is -0.705. The molecule has 2 aromatic carbocycles. The maximum absolute atomic E-state index is 14.0. The van der Waals surface area contributed by atoms with Crippen molar-refractivity contribution in [3.05, 3.63) is 48.0 Å². The van der Waals surface area contributed by atoms with Gasteiger partial charge in [0.1, 0.15) is 24.2 Å². The lowest BCUT2D eigenvalue weighted by atomic mass is 9.98. The van der Waals surface area contributed by atoms with E-state index in [0.29, 0.717) is 19.3 Å². The van der Waals surface area contributed by atoms with Crippen LogP contribution in [0.4, 0.5) is 4.79 Å². The number of imide groups is 1. The minimum atomic E-state index is -2.13. The number of piperidine rings is 1. The van der Waals surface area contributed by atoms with Gasteiger partial charge in [-0.1, -0.05) is 54.2 Å². The van der Waals surface area contributed by atoms with Gasteiger partial charge in [0.05, 0.1) is 0 Å². The van der Waals surface area contributed by atoms with Crippen LogP contribution in [0.3, 0.4) is 0 Å². The van der Waals surface area contributed by atoms with Crippen LogP contribution in [0, 0.1) is 0 Å². The second kappa shape index (κ2) is 16.9. The van der Waals surface area contributed by atoms with Gasteiger partial charge in [0.15, 0.2) is 5.78 Å². The van der Waals surface area contributed by atoms with E-state index in [1.807, 2.05) is 42.5 Å². The van der Waals surface area contributed by atoms with Gasteiger partial charge in [-0.25, -0.2) is 0 Å². The molecule has 1 unspecified atom stereocenters. The molecule has 0 saturated carbocycles. The molecular weight excluding hydrogens is 663 g/mol. The molecule has 4 rings (SSSR count). The molecule has 0 bridgehead atoms. The number of thioether (sulfide) groups is 2. The van der Waals surface area contributed by atoms with Crippen molar-refractivity contribution in [3.63, 3.8) is 0 Å². The molecule has 2 aliphatic heterocycles. The molecular formula is C32H39N5O9S2. The number of nitrogens with zero attached hydrogens (tertiary/aromatic N) is 2. The Kier molecular flexibility index (Phi) is 13.0. The van der Waals surface area contributed by atoms with Crippen LogP contribution in [-0.2, 0) is 35.2 Å². The van der Waals surface area contributed by atoms with E-state index >= 15 is 0 Å². The highest BCUT2D eigenvalue weighted by molar-refractivity contribution is 8.14. The van der Waals surface area contributed by atoms with Crippen molar-refractivity contribution in [2.75, 3.05) is 23.8 Å². The Morgan fingerprint density at radius 1 is 0.979 bits per heavy atom. The van der Waals surface area contributed by atoms with Gasteiger partial charge < -0.3 is 31.5 Å². The Bertz CT molecular complexity index is 1570. The Hall–Kier alpha value is -3.99. The monoisotopic (exact) mass is 701 g/mol. The topological polar surface area (TPSA) is 217 Å². The third kappa shape index (κ3) is 9.33. The van der Waals surface area contributed by atoms with Gasteiger partial charge in [-0.3, -0.25) is 38.5 Å². The summed E-state index contributed by atoms with van der Waals surface area (Å²) >= 11 is 1.90. The first-order valence-electron chi connectivity index (χ1n) is 15.5. The number of benzene rings is 2. The number of aliphatic hydroxyl groups is 2. The fourth-order valence-electron chi connectivity index (χ4n) is 5.67. The second-order valence-electron chi connectivity index (χ2n) is 11.6. The first-order valence-corrected chi connectivity index (χ1v) is 17.6. The van der Waals surface area contributed by atoms with Gasteiger partial charge >= 0.3 is 0 Å². The van der Waals surface area contributed by atoms with E-state index in [1.54, 1.807) is 0 Å². The van der Waals surface area contributed by atoms with Crippen LogP contribution in [0.15, 0.2) is 42.5 Å². The van der Waals surface area contributed by atoms with Crippen LogP contribution >= 0.6 is 23.5 Å².